The number of aryl methyl sites for hydroxylation is 2. The van der Waals surface area contributed by atoms with E-state index in [1.807, 2.05) is 42.5 Å². The van der Waals surface area contributed by atoms with Crippen LogP contribution in [0.15, 0.2) is 64.5 Å². The maximum absolute atomic E-state index is 11.5. The summed E-state index contributed by atoms with van der Waals surface area (Å²) >= 11 is 3.20. The molecule has 1 aliphatic rings. The van der Waals surface area contributed by atoms with E-state index in [9.17, 15) is 10.1 Å². The minimum Gasteiger partial charge on any atom is -0.281 e. The summed E-state index contributed by atoms with van der Waals surface area (Å²) < 4.78 is 2.24. The number of fused-ring (bicyclic) bond motifs is 3. The van der Waals surface area contributed by atoms with E-state index in [0.29, 0.717) is 4.90 Å². The molecular weight excluding hydrogens is 390 g/mol. The predicted octanol–water partition coefficient (Wildman–Crippen LogP) is 6.00. The topological polar surface area (TPSA) is 60.4 Å². The zero-order valence-electron chi connectivity index (χ0n) is 15.0. The van der Waals surface area contributed by atoms with E-state index in [2.05, 4.69) is 4.40 Å². The Balaban J connectivity index is 1.73. The van der Waals surface area contributed by atoms with Gasteiger partial charge >= 0.3 is 0 Å². The van der Waals surface area contributed by atoms with E-state index in [4.69, 9.17) is 4.98 Å². The van der Waals surface area contributed by atoms with Crippen LogP contribution >= 0.6 is 23.1 Å². The minimum atomic E-state index is -0.314. The lowest BCUT2D eigenvalue weighted by Gasteiger charge is -2.13. The zero-order chi connectivity index (χ0) is 19.1. The number of nitrogens with zero attached hydrogens (tertiary/aromatic N) is 3. The number of thiazole rings is 1. The van der Waals surface area contributed by atoms with Gasteiger partial charge in [0.25, 0.3) is 5.69 Å². The number of para-hydroxylation sites is 1. The number of hydrogen-bond acceptors (Lipinski definition) is 5. The van der Waals surface area contributed by atoms with Crippen molar-refractivity contribution in [2.24, 2.45) is 0 Å². The molecule has 0 aliphatic heterocycles. The fraction of sp³-hybridized carbons (Fsp3) is 0.190. The largest absolute Gasteiger partial charge is 0.283 e. The summed E-state index contributed by atoms with van der Waals surface area (Å²) in [5.41, 5.74) is 3.37. The molecule has 0 unspecified atom stereocenters. The number of hydrogen-bond donors (Lipinski definition) is 0. The predicted molar refractivity (Wildman–Crippen MR) is 112 cm³/mol. The van der Waals surface area contributed by atoms with Crippen molar-refractivity contribution >= 4 is 33.7 Å². The van der Waals surface area contributed by atoms with Crippen molar-refractivity contribution in [2.75, 3.05) is 0 Å². The molecule has 0 amide bonds. The number of nitro benzene ring substituents is 1. The minimum absolute atomic E-state index is 0.130. The van der Waals surface area contributed by atoms with Crippen molar-refractivity contribution in [3.8, 4) is 11.3 Å². The molecule has 0 saturated heterocycles. The van der Waals surface area contributed by atoms with Crippen LogP contribution in [0.2, 0.25) is 0 Å². The van der Waals surface area contributed by atoms with Gasteiger partial charge in [-0.15, -0.1) is 11.3 Å². The SMILES string of the molecule is O=[N+]([O-])c1ccccc1Sc1c(-c2ccccc2)nc2sc3c(n12)CCCC3. The third-order valence-corrected chi connectivity index (χ3v) is 7.27. The number of rotatable bonds is 4. The van der Waals surface area contributed by atoms with E-state index in [0.717, 1.165) is 34.1 Å². The molecule has 2 aromatic carbocycles. The second kappa shape index (κ2) is 7.07. The van der Waals surface area contributed by atoms with E-state index < -0.39 is 0 Å². The van der Waals surface area contributed by atoms with Gasteiger partial charge in [-0.25, -0.2) is 4.98 Å². The van der Waals surface area contributed by atoms with Gasteiger partial charge in [-0.3, -0.25) is 14.5 Å². The molecule has 0 N–H and O–H groups in total. The lowest BCUT2D eigenvalue weighted by Crippen LogP contribution is -2.03. The lowest BCUT2D eigenvalue weighted by atomic mass is 10.0. The van der Waals surface area contributed by atoms with E-state index in [1.165, 1.54) is 35.2 Å². The Labute approximate surface area is 170 Å². The highest BCUT2D eigenvalue weighted by Gasteiger charge is 2.25. The van der Waals surface area contributed by atoms with E-state index >= 15 is 0 Å². The zero-order valence-corrected chi connectivity index (χ0v) is 16.6. The third kappa shape index (κ3) is 2.91. The monoisotopic (exact) mass is 407 g/mol. The molecule has 2 heterocycles. The summed E-state index contributed by atoms with van der Waals surface area (Å²) in [6.07, 6.45) is 4.52. The second-order valence-corrected chi connectivity index (χ2v) is 8.85. The van der Waals surface area contributed by atoms with Crippen molar-refractivity contribution in [1.82, 2.24) is 9.38 Å². The van der Waals surface area contributed by atoms with Gasteiger partial charge in [-0.05, 0) is 31.7 Å². The molecule has 5 nitrogen and oxygen atoms in total. The fourth-order valence-electron chi connectivity index (χ4n) is 3.69. The van der Waals surface area contributed by atoms with Crippen molar-refractivity contribution in [2.45, 2.75) is 35.6 Å². The highest BCUT2D eigenvalue weighted by Crippen LogP contribution is 2.43. The third-order valence-electron chi connectivity index (χ3n) is 4.99. The van der Waals surface area contributed by atoms with Crippen molar-refractivity contribution < 1.29 is 4.92 Å². The van der Waals surface area contributed by atoms with Gasteiger partial charge in [0.1, 0.15) is 10.7 Å². The van der Waals surface area contributed by atoms with Crippen LogP contribution < -0.4 is 0 Å². The summed E-state index contributed by atoms with van der Waals surface area (Å²) in [7, 11) is 0. The second-order valence-electron chi connectivity index (χ2n) is 6.76. The van der Waals surface area contributed by atoms with Gasteiger partial charge in [0.15, 0.2) is 4.96 Å². The average Bonchev–Trinajstić information content (AvgIpc) is 3.25. The van der Waals surface area contributed by atoms with Crippen LogP contribution in [-0.4, -0.2) is 14.3 Å². The molecule has 0 bridgehead atoms. The molecular formula is C21H17N3O2S2. The standard InChI is InChI=1S/C21H17N3O2S2/c25-24(26)16-11-5-7-13-18(16)27-20-19(14-8-2-1-3-9-14)22-21-23(20)15-10-4-6-12-17(15)28-21/h1-3,5,7-9,11,13H,4,6,10,12H2. The number of benzene rings is 2. The maximum atomic E-state index is 11.5. The highest BCUT2D eigenvalue weighted by atomic mass is 32.2. The molecule has 0 spiro atoms. The Hall–Kier alpha value is -2.64. The molecule has 140 valence electrons. The molecule has 7 heteroatoms. The van der Waals surface area contributed by atoms with Crippen LogP contribution in [0.4, 0.5) is 5.69 Å². The van der Waals surface area contributed by atoms with Crippen molar-refractivity contribution in [3.05, 3.63) is 75.3 Å². The van der Waals surface area contributed by atoms with E-state index in [1.54, 1.807) is 23.5 Å². The maximum Gasteiger partial charge on any atom is 0.283 e. The summed E-state index contributed by atoms with van der Waals surface area (Å²) in [5, 5.41) is 12.5. The molecule has 1 aliphatic carbocycles. The van der Waals surface area contributed by atoms with Crippen LogP contribution in [0, 0.1) is 10.1 Å². The van der Waals surface area contributed by atoms with Gasteiger partial charge < -0.3 is 0 Å². The highest BCUT2D eigenvalue weighted by molar-refractivity contribution is 7.99. The van der Waals surface area contributed by atoms with Crippen molar-refractivity contribution in [1.29, 1.82) is 0 Å². The Morgan fingerprint density at radius 2 is 1.79 bits per heavy atom. The van der Waals surface area contributed by atoms with Gasteiger partial charge in [0.05, 0.1) is 9.82 Å². The number of nitro groups is 1. The number of imidazole rings is 1. The van der Waals surface area contributed by atoms with Crippen LogP contribution in [0.3, 0.4) is 0 Å². The summed E-state index contributed by atoms with van der Waals surface area (Å²) in [6, 6.07) is 17.0. The summed E-state index contributed by atoms with van der Waals surface area (Å²) in [5.74, 6) is 0. The molecule has 0 radical (unpaired) electrons. The first kappa shape index (κ1) is 17.5. The molecule has 0 saturated carbocycles. The first-order valence-electron chi connectivity index (χ1n) is 9.22. The lowest BCUT2D eigenvalue weighted by molar-refractivity contribution is -0.387. The van der Waals surface area contributed by atoms with Crippen LogP contribution in [0.1, 0.15) is 23.4 Å². The summed E-state index contributed by atoms with van der Waals surface area (Å²) in [4.78, 5) is 19.2. The van der Waals surface area contributed by atoms with Crippen LogP contribution in [0.5, 0.6) is 0 Å². The molecule has 0 atom stereocenters. The fourth-order valence-corrected chi connectivity index (χ4v) is 6.10. The van der Waals surface area contributed by atoms with Crippen molar-refractivity contribution in [3.63, 3.8) is 0 Å². The van der Waals surface area contributed by atoms with Crippen LogP contribution in [-0.2, 0) is 12.8 Å². The Kier molecular flexibility index (Phi) is 4.41. The Bertz CT molecular complexity index is 1180. The quantitative estimate of drug-likeness (QED) is 0.307. The Morgan fingerprint density at radius 3 is 2.61 bits per heavy atom. The summed E-state index contributed by atoms with van der Waals surface area (Å²) in [6.45, 7) is 0. The smallest absolute Gasteiger partial charge is 0.281 e. The normalized spacial score (nSPS) is 13.6. The van der Waals surface area contributed by atoms with E-state index in [-0.39, 0.29) is 10.6 Å². The van der Waals surface area contributed by atoms with Crippen LogP contribution in [0.25, 0.3) is 16.2 Å². The molecule has 28 heavy (non-hydrogen) atoms. The van der Waals surface area contributed by atoms with Gasteiger partial charge in [-0.1, -0.05) is 54.2 Å². The number of aromatic nitrogens is 2. The average molecular weight is 408 g/mol. The van der Waals surface area contributed by atoms with Gasteiger partial charge in [0, 0.05) is 22.2 Å². The molecule has 5 rings (SSSR count). The Morgan fingerprint density at radius 1 is 1.04 bits per heavy atom. The van der Waals surface area contributed by atoms with Gasteiger partial charge in [-0.2, -0.15) is 0 Å². The molecule has 2 aromatic heterocycles. The first-order valence-corrected chi connectivity index (χ1v) is 10.9. The van der Waals surface area contributed by atoms with Gasteiger partial charge in [0.2, 0.25) is 0 Å². The molecule has 4 aromatic rings. The first-order chi connectivity index (χ1) is 13.7. The molecule has 0 fully saturated rings.